The lowest BCUT2D eigenvalue weighted by atomic mass is 10.0. The van der Waals surface area contributed by atoms with Crippen molar-refractivity contribution in [2.75, 3.05) is 0 Å². The molecule has 0 aromatic heterocycles. The maximum atomic E-state index is 11.3. The zero-order valence-electron chi connectivity index (χ0n) is 10.4. The van der Waals surface area contributed by atoms with Crippen LogP contribution in [-0.2, 0) is 4.79 Å². The van der Waals surface area contributed by atoms with Gasteiger partial charge < -0.3 is 5.11 Å². The fourth-order valence-electron chi connectivity index (χ4n) is 1.75. The smallest absolute Gasteiger partial charge is 0.336 e. The molecule has 0 aliphatic rings. The van der Waals surface area contributed by atoms with E-state index < -0.39 is 10.9 Å². The molecule has 5 nitrogen and oxygen atoms in total. The number of nitro groups is 1. The van der Waals surface area contributed by atoms with Gasteiger partial charge in [-0.25, -0.2) is 4.79 Å². The number of rotatable bonds is 4. The van der Waals surface area contributed by atoms with Gasteiger partial charge in [0.15, 0.2) is 0 Å². The van der Waals surface area contributed by atoms with Crippen molar-refractivity contribution in [2.45, 2.75) is 0 Å². The highest BCUT2D eigenvalue weighted by Crippen LogP contribution is 2.21. The third-order valence-corrected chi connectivity index (χ3v) is 2.73. The van der Waals surface area contributed by atoms with Crippen LogP contribution in [0.2, 0.25) is 0 Å². The predicted octanol–water partition coefficient (Wildman–Crippen LogP) is 3.22. The monoisotopic (exact) mass is 269 g/mol. The maximum absolute atomic E-state index is 11.3. The zero-order chi connectivity index (χ0) is 14.5. The van der Waals surface area contributed by atoms with E-state index in [1.807, 2.05) is 6.07 Å². The molecule has 0 aliphatic carbocycles. The molecule has 0 bridgehead atoms. The number of non-ortho nitro benzene ring substituents is 1. The van der Waals surface area contributed by atoms with Gasteiger partial charge in [-0.15, -0.1) is 0 Å². The third kappa shape index (κ3) is 3.08. The van der Waals surface area contributed by atoms with Crippen molar-refractivity contribution in [2.24, 2.45) is 0 Å². The van der Waals surface area contributed by atoms with E-state index in [1.54, 1.807) is 24.3 Å². The Morgan fingerprint density at radius 2 is 1.65 bits per heavy atom. The normalized spacial score (nSPS) is 11.1. The minimum Gasteiger partial charge on any atom is -0.478 e. The summed E-state index contributed by atoms with van der Waals surface area (Å²) >= 11 is 0. The Kier molecular flexibility index (Phi) is 3.91. The van der Waals surface area contributed by atoms with Crippen LogP contribution in [0.4, 0.5) is 5.69 Å². The second-order valence-electron chi connectivity index (χ2n) is 4.08. The minimum absolute atomic E-state index is 0.0711. The molecule has 0 unspecified atom stereocenters. The summed E-state index contributed by atoms with van der Waals surface area (Å²) in [5.74, 6) is -1.08. The highest BCUT2D eigenvalue weighted by molar-refractivity contribution is 6.20. The van der Waals surface area contributed by atoms with E-state index in [9.17, 15) is 20.0 Å². The quantitative estimate of drug-likeness (QED) is 0.400. The van der Waals surface area contributed by atoms with Crippen LogP contribution in [0.15, 0.2) is 54.6 Å². The van der Waals surface area contributed by atoms with E-state index >= 15 is 0 Å². The van der Waals surface area contributed by atoms with Crippen LogP contribution in [0, 0.1) is 10.1 Å². The molecular formula is C15H11NO4. The van der Waals surface area contributed by atoms with Crippen LogP contribution in [0.1, 0.15) is 11.1 Å². The molecule has 20 heavy (non-hydrogen) atoms. The summed E-state index contributed by atoms with van der Waals surface area (Å²) in [6, 6.07) is 14.5. The number of hydrogen-bond acceptors (Lipinski definition) is 3. The largest absolute Gasteiger partial charge is 0.478 e. The summed E-state index contributed by atoms with van der Waals surface area (Å²) in [5, 5.41) is 19.8. The minimum atomic E-state index is -1.08. The van der Waals surface area contributed by atoms with Crippen LogP contribution in [-0.4, -0.2) is 16.0 Å². The number of aliphatic carboxylic acids is 1. The molecule has 5 heteroatoms. The fraction of sp³-hybridized carbons (Fsp3) is 0. The molecule has 0 fully saturated rings. The van der Waals surface area contributed by atoms with E-state index in [0.29, 0.717) is 5.56 Å². The number of nitrogens with zero attached hydrogens (tertiary/aromatic N) is 1. The molecule has 100 valence electrons. The summed E-state index contributed by atoms with van der Waals surface area (Å²) in [6.45, 7) is 0. The Balaban J connectivity index is 2.41. The first-order chi connectivity index (χ1) is 9.58. The third-order valence-electron chi connectivity index (χ3n) is 2.73. The molecule has 2 aromatic rings. The Labute approximate surface area is 115 Å². The molecule has 0 amide bonds. The number of hydrogen-bond donors (Lipinski definition) is 1. The van der Waals surface area contributed by atoms with Crippen molar-refractivity contribution in [3.63, 3.8) is 0 Å². The van der Waals surface area contributed by atoms with Gasteiger partial charge in [0, 0.05) is 12.1 Å². The van der Waals surface area contributed by atoms with Crippen LogP contribution in [0.3, 0.4) is 0 Å². The number of benzene rings is 2. The van der Waals surface area contributed by atoms with Gasteiger partial charge in [-0.2, -0.15) is 0 Å². The molecule has 0 radical (unpaired) electrons. The van der Waals surface area contributed by atoms with Crippen LogP contribution < -0.4 is 0 Å². The van der Waals surface area contributed by atoms with Crippen LogP contribution in [0.25, 0.3) is 11.6 Å². The van der Waals surface area contributed by atoms with E-state index in [4.69, 9.17) is 0 Å². The highest BCUT2D eigenvalue weighted by Gasteiger charge is 2.12. The lowest BCUT2D eigenvalue weighted by Gasteiger charge is -2.03. The average Bonchev–Trinajstić information content (AvgIpc) is 2.45. The summed E-state index contributed by atoms with van der Waals surface area (Å²) in [7, 11) is 0. The van der Waals surface area contributed by atoms with Crippen molar-refractivity contribution in [1.29, 1.82) is 0 Å². The SMILES string of the molecule is O=C(O)/C(=C/c1ccccc1)c1ccc([N+](=O)[O-])cc1. The van der Waals surface area contributed by atoms with Crippen LogP contribution >= 0.6 is 0 Å². The van der Waals surface area contributed by atoms with Gasteiger partial charge in [0.1, 0.15) is 0 Å². The Morgan fingerprint density at radius 3 is 2.15 bits per heavy atom. The molecule has 0 heterocycles. The van der Waals surface area contributed by atoms with Crippen molar-refractivity contribution in [3.05, 3.63) is 75.8 Å². The lowest BCUT2D eigenvalue weighted by Crippen LogP contribution is -2.00. The summed E-state index contributed by atoms with van der Waals surface area (Å²) in [5.41, 5.74) is 1.19. The van der Waals surface area contributed by atoms with Crippen molar-refractivity contribution in [1.82, 2.24) is 0 Å². The van der Waals surface area contributed by atoms with E-state index in [2.05, 4.69) is 0 Å². The van der Waals surface area contributed by atoms with Crippen LogP contribution in [0.5, 0.6) is 0 Å². The van der Waals surface area contributed by atoms with Crippen molar-refractivity contribution < 1.29 is 14.8 Å². The molecular weight excluding hydrogens is 258 g/mol. The molecule has 0 spiro atoms. The van der Waals surface area contributed by atoms with Crippen molar-refractivity contribution >= 4 is 23.3 Å². The average molecular weight is 269 g/mol. The van der Waals surface area contributed by atoms with Gasteiger partial charge in [-0.3, -0.25) is 10.1 Å². The standard InChI is InChI=1S/C15H11NO4/c17-15(18)14(10-11-4-2-1-3-5-11)12-6-8-13(9-7-12)16(19)20/h1-10H,(H,17,18)/b14-10+. The number of carboxylic acids is 1. The second kappa shape index (κ2) is 5.79. The predicted molar refractivity (Wildman–Crippen MR) is 75.0 cm³/mol. The lowest BCUT2D eigenvalue weighted by molar-refractivity contribution is -0.384. The van der Waals surface area contributed by atoms with E-state index in [0.717, 1.165) is 5.56 Å². The molecule has 0 aliphatic heterocycles. The van der Waals surface area contributed by atoms with Gasteiger partial charge in [0.2, 0.25) is 0 Å². The maximum Gasteiger partial charge on any atom is 0.336 e. The van der Waals surface area contributed by atoms with Gasteiger partial charge in [-0.05, 0) is 29.3 Å². The van der Waals surface area contributed by atoms with Crippen molar-refractivity contribution in [3.8, 4) is 0 Å². The molecule has 0 saturated carbocycles. The second-order valence-corrected chi connectivity index (χ2v) is 4.08. The highest BCUT2D eigenvalue weighted by atomic mass is 16.6. The van der Waals surface area contributed by atoms with Gasteiger partial charge in [-0.1, -0.05) is 30.3 Å². The van der Waals surface area contributed by atoms with E-state index in [-0.39, 0.29) is 11.3 Å². The van der Waals surface area contributed by atoms with Gasteiger partial charge >= 0.3 is 5.97 Å². The summed E-state index contributed by atoms with van der Waals surface area (Å²) < 4.78 is 0. The van der Waals surface area contributed by atoms with Gasteiger partial charge in [0.05, 0.1) is 10.5 Å². The fourth-order valence-corrected chi connectivity index (χ4v) is 1.75. The first-order valence-electron chi connectivity index (χ1n) is 5.83. The number of nitro benzene ring substituents is 1. The Hall–Kier alpha value is -2.95. The molecule has 1 N–H and O–H groups in total. The molecule has 2 aromatic carbocycles. The summed E-state index contributed by atoms with van der Waals surface area (Å²) in [6.07, 6.45) is 1.53. The molecule has 0 atom stereocenters. The number of carbonyl (C=O) groups is 1. The molecule has 0 saturated heterocycles. The first-order valence-corrected chi connectivity index (χ1v) is 5.83. The van der Waals surface area contributed by atoms with Gasteiger partial charge in [0.25, 0.3) is 5.69 Å². The summed E-state index contributed by atoms with van der Waals surface area (Å²) in [4.78, 5) is 21.4. The zero-order valence-corrected chi connectivity index (χ0v) is 10.4. The number of carboxylic acid groups (broad SMARTS) is 1. The van der Waals surface area contributed by atoms with E-state index in [1.165, 1.54) is 30.3 Å². The topological polar surface area (TPSA) is 80.4 Å². The first kappa shape index (κ1) is 13.5. The Morgan fingerprint density at radius 1 is 1.05 bits per heavy atom. The Bertz CT molecular complexity index is 660. The molecule has 2 rings (SSSR count).